The highest BCUT2D eigenvalue weighted by atomic mass is 16.1. The third kappa shape index (κ3) is 4.37. The zero-order chi connectivity index (χ0) is 25.4. The predicted molar refractivity (Wildman–Crippen MR) is 145 cm³/mol. The molecular formula is C28H34N8O. The van der Waals surface area contributed by atoms with Gasteiger partial charge in [-0.25, -0.2) is 4.52 Å². The first-order chi connectivity index (χ1) is 18.0. The lowest BCUT2D eigenvalue weighted by Crippen LogP contribution is -2.60. The topological polar surface area (TPSA) is 103 Å². The lowest BCUT2D eigenvalue weighted by atomic mass is 9.65. The minimum absolute atomic E-state index is 0.275. The molecule has 3 N–H and O–H groups in total. The largest absolute Gasteiger partial charge is 0.327 e. The molecule has 6 rings (SSSR count). The Kier molecular flexibility index (Phi) is 6.16. The van der Waals surface area contributed by atoms with E-state index in [-0.39, 0.29) is 11.8 Å². The Hall–Kier alpha value is -3.72. The molecule has 9 nitrogen and oxygen atoms in total. The monoisotopic (exact) mass is 498 g/mol. The van der Waals surface area contributed by atoms with Crippen LogP contribution in [0.3, 0.4) is 0 Å². The summed E-state index contributed by atoms with van der Waals surface area (Å²) in [6.07, 6.45) is 7.02. The fourth-order valence-electron chi connectivity index (χ4n) is 5.94. The van der Waals surface area contributed by atoms with Crippen molar-refractivity contribution in [2.24, 2.45) is 0 Å². The molecule has 37 heavy (non-hydrogen) atoms. The molecule has 0 bridgehead atoms. The second-order valence-corrected chi connectivity index (χ2v) is 10.4. The Labute approximate surface area is 216 Å². The van der Waals surface area contributed by atoms with Crippen LogP contribution >= 0.6 is 0 Å². The van der Waals surface area contributed by atoms with Crippen molar-refractivity contribution in [2.45, 2.75) is 57.4 Å². The van der Waals surface area contributed by atoms with Crippen LogP contribution in [0.25, 0.3) is 5.52 Å². The zero-order valence-corrected chi connectivity index (χ0v) is 21.5. The van der Waals surface area contributed by atoms with Crippen LogP contribution in [0, 0.1) is 13.8 Å². The number of aromatic nitrogens is 5. The van der Waals surface area contributed by atoms with Crippen LogP contribution < -0.4 is 15.5 Å². The highest BCUT2D eigenvalue weighted by Gasteiger charge is 2.46. The van der Waals surface area contributed by atoms with Crippen molar-refractivity contribution in [1.29, 1.82) is 0 Å². The summed E-state index contributed by atoms with van der Waals surface area (Å²) in [5.74, 6) is 2.18. The molecule has 9 heteroatoms. The van der Waals surface area contributed by atoms with Crippen molar-refractivity contribution >= 4 is 28.9 Å². The Morgan fingerprint density at radius 1 is 1.11 bits per heavy atom. The zero-order valence-electron chi connectivity index (χ0n) is 21.5. The SMILES string of the molecule is Cc1ccc(C2(C(=O)C3CNCCN3c3nc(Nc4cc(C)[nH]n4)c4cccn4n3)CCCCC2)cc1. The summed E-state index contributed by atoms with van der Waals surface area (Å²) in [5.41, 5.74) is 3.70. The molecule has 1 aliphatic heterocycles. The number of carbonyl (C=O) groups excluding carboxylic acids is 1. The first kappa shape index (κ1) is 23.7. The highest BCUT2D eigenvalue weighted by molar-refractivity contribution is 5.97. The molecule has 1 saturated carbocycles. The van der Waals surface area contributed by atoms with Gasteiger partial charge >= 0.3 is 0 Å². The minimum Gasteiger partial charge on any atom is -0.327 e. The molecule has 3 aromatic heterocycles. The van der Waals surface area contributed by atoms with Crippen molar-refractivity contribution in [1.82, 2.24) is 30.1 Å². The lowest BCUT2D eigenvalue weighted by Gasteiger charge is -2.43. The van der Waals surface area contributed by atoms with Crippen LogP contribution in [0.5, 0.6) is 0 Å². The lowest BCUT2D eigenvalue weighted by molar-refractivity contribution is -0.127. The van der Waals surface area contributed by atoms with Gasteiger partial charge in [-0.2, -0.15) is 10.1 Å². The van der Waals surface area contributed by atoms with Crippen LogP contribution in [0.1, 0.15) is 48.9 Å². The second kappa shape index (κ2) is 9.63. The number of H-pyrrole nitrogens is 1. The molecule has 0 amide bonds. The fourth-order valence-corrected chi connectivity index (χ4v) is 5.94. The first-order valence-corrected chi connectivity index (χ1v) is 13.3. The van der Waals surface area contributed by atoms with E-state index in [1.54, 1.807) is 0 Å². The summed E-state index contributed by atoms with van der Waals surface area (Å²) in [7, 11) is 0. The molecule has 4 aromatic rings. The van der Waals surface area contributed by atoms with Crippen LogP contribution in [-0.2, 0) is 10.2 Å². The molecule has 4 heterocycles. The number of benzene rings is 1. The number of hydrogen-bond donors (Lipinski definition) is 3. The van der Waals surface area contributed by atoms with Gasteiger partial charge in [0.1, 0.15) is 11.6 Å². The van der Waals surface area contributed by atoms with Gasteiger partial charge in [0, 0.05) is 37.6 Å². The number of nitrogens with zero attached hydrogens (tertiary/aromatic N) is 5. The Bertz CT molecular complexity index is 1400. The summed E-state index contributed by atoms with van der Waals surface area (Å²) in [5, 5.41) is 18.9. The Balaban J connectivity index is 1.38. The van der Waals surface area contributed by atoms with E-state index in [0.717, 1.165) is 49.0 Å². The van der Waals surface area contributed by atoms with Crippen molar-refractivity contribution in [3.63, 3.8) is 0 Å². The maximum absolute atomic E-state index is 14.6. The number of nitrogens with one attached hydrogen (secondary N) is 3. The van der Waals surface area contributed by atoms with E-state index in [1.807, 2.05) is 35.8 Å². The van der Waals surface area contributed by atoms with Crippen molar-refractivity contribution in [3.05, 3.63) is 65.5 Å². The number of ketones is 1. The van der Waals surface area contributed by atoms with E-state index >= 15 is 0 Å². The standard InChI is InChI=1S/C28H34N8O/c1-19-8-10-21(11-9-19)28(12-4-3-5-13-28)25(37)23-18-29-14-16-35(23)27-31-26(22-7-6-15-36(22)34-27)30-24-17-20(2)32-33-24/h6-11,15,17,23,29H,3-5,12-14,16,18H2,1-2H3,(H2,30,31,32,33,34). The summed E-state index contributed by atoms with van der Waals surface area (Å²) in [4.78, 5) is 21.6. The molecule has 1 saturated heterocycles. The normalized spacial score (nSPS) is 19.7. The van der Waals surface area contributed by atoms with E-state index in [0.29, 0.717) is 30.7 Å². The van der Waals surface area contributed by atoms with Gasteiger partial charge in [-0.15, -0.1) is 5.10 Å². The van der Waals surface area contributed by atoms with Gasteiger partial charge < -0.3 is 15.5 Å². The molecule has 0 spiro atoms. The van der Waals surface area contributed by atoms with Gasteiger partial charge in [-0.1, -0.05) is 49.1 Å². The van der Waals surface area contributed by atoms with Crippen molar-refractivity contribution in [2.75, 3.05) is 29.9 Å². The minimum atomic E-state index is -0.473. The molecule has 192 valence electrons. The molecule has 1 atom stereocenters. The quantitative estimate of drug-likeness (QED) is 0.368. The summed E-state index contributed by atoms with van der Waals surface area (Å²) in [6.45, 7) is 6.07. The van der Waals surface area contributed by atoms with Gasteiger partial charge in [0.15, 0.2) is 17.4 Å². The van der Waals surface area contributed by atoms with E-state index in [2.05, 4.69) is 56.9 Å². The van der Waals surface area contributed by atoms with Crippen molar-refractivity contribution < 1.29 is 4.79 Å². The molecular weight excluding hydrogens is 464 g/mol. The second-order valence-electron chi connectivity index (χ2n) is 10.4. The number of hydrogen-bond acceptors (Lipinski definition) is 7. The van der Waals surface area contributed by atoms with Crippen LogP contribution in [-0.4, -0.2) is 56.3 Å². The maximum Gasteiger partial charge on any atom is 0.246 e. The number of aryl methyl sites for hydroxylation is 2. The molecule has 2 aliphatic rings. The number of rotatable bonds is 6. The van der Waals surface area contributed by atoms with E-state index in [4.69, 9.17) is 10.1 Å². The first-order valence-electron chi connectivity index (χ1n) is 13.3. The summed E-state index contributed by atoms with van der Waals surface area (Å²) >= 11 is 0. The number of anilines is 3. The van der Waals surface area contributed by atoms with Gasteiger partial charge in [-0.05, 0) is 44.4 Å². The number of carbonyl (C=O) groups is 1. The maximum atomic E-state index is 14.6. The van der Waals surface area contributed by atoms with Gasteiger partial charge in [-0.3, -0.25) is 9.89 Å². The Morgan fingerprint density at radius 2 is 1.92 bits per heavy atom. The van der Waals surface area contributed by atoms with Gasteiger partial charge in [0.25, 0.3) is 0 Å². The van der Waals surface area contributed by atoms with Crippen LogP contribution in [0.15, 0.2) is 48.7 Å². The number of Topliss-reactive ketones (excluding diaryl/α,β-unsaturated/α-hetero) is 1. The third-order valence-electron chi connectivity index (χ3n) is 7.92. The predicted octanol–water partition coefficient (Wildman–Crippen LogP) is 4.06. The summed E-state index contributed by atoms with van der Waals surface area (Å²) < 4.78 is 1.82. The molecule has 2 fully saturated rings. The fraction of sp³-hybridized carbons (Fsp3) is 0.429. The molecule has 1 aromatic carbocycles. The van der Waals surface area contributed by atoms with Crippen LogP contribution in [0.4, 0.5) is 17.6 Å². The van der Waals surface area contributed by atoms with Gasteiger partial charge in [0.2, 0.25) is 5.95 Å². The average molecular weight is 499 g/mol. The van der Waals surface area contributed by atoms with Gasteiger partial charge in [0.05, 0.1) is 5.41 Å². The molecule has 1 aliphatic carbocycles. The molecule has 1 unspecified atom stereocenters. The highest BCUT2D eigenvalue weighted by Crippen LogP contribution is 2.42. The van der Waals surface area contributed by atoms with E-state index < -0.39 is 5.41 Å². The smallest absolute Gasteiger partial charge is 0.246 e. The third-order valence-corrected chi connectivity index (χ3v) is 7.92. The number of aromatic amines is 1. The van der Waals surface area contributed by atoms with E-state index in [1.165, 1.54) is 12.0 Å². The number of fused-ring (bicyclic) bond motifs is 1. The summed E-state index contributed by atoms with van der Waals surface area (Å²) in [6, 6.07) is 14.1. The Morgan fingerprint density at radius 3 is 2.68 bits per heavy atom. The van der Waals surface area contributed by atoms with E-state index in [9.17, 15) is 4.79 Å². The van der Waals surface area contributed by atoms with Crippen molar-refractivity contribution in [3.8, 4) is 0 Å². The molecule has 0 radical (unpaired) electrons. The number of piperazine rings is 1. The van der Waals surface area contributed by atoms with Crippen LogP contribution in [0.2, 0.25) is 0 Å². The average Bonchev–Trinajstić information content (AvgIpc) is 3.58.